The maximum Gasteiger partial charge on any atom is 0.251 e. The Balaban J connectivity index is 0.989. The number of hydrogen-bond acceptors (Lipinski definition) is 8. The van der Waals surface area contributed by atoms with Crippen molar-refractivity contribution in [3.8, 4) is 11.1 Å². The van der Waals surface area contributed by atoms with E-state index in [1.54, 1.807) is 36.4 Å². The normalized spacial score (nSPS) is 15.3. The average molecular weight is 733 g/mol. The molecule has 0 saturated carbocycles. The highest BCUT2D eigenvalue weighted by atomic mass is 19.1. The van der Waals surface area contributed by atoms with Crippen molar-refractivity contribution in [3.63, 3.8) is 0 Å². The van der Waals surface area contributed by atoms with Crippen LogP contribution in [0.5, 0.6) is 0 Å². The van der Waals surface area contributed by atoms with E-state index in [-0.39, 0.29) is 36.8 Å². The zero-order chi connectivity index (χ0) is 37.4. The third-order valence-corrected chi connectivity index (χ3v) is 10.3. The van der Waals surface area contributed by atoms with E-state index in [2.05, 4.69) is 44.3 Å². The van der Waals surface area contributed by atoms with Crippen LogP contribution in [0.3, 0.4) is 0 Å². The van der Waals surface area contributed by atoms with Gasteiger partial charge >= 0.3 is 0 Å². The number of rotatable bonds is 13. The Morgan fingerprint density at radius 1 is 0.907 bits per heavy atom. The Bertz CT molecular complexity index is 2090. The van der Waals surface area contributed by atoms with Crippen LogP contribution in [0.25, 0.3) is 22.2 Å². The number of pyridine rings is 1. The summed E-state index contributed by atoms with van der Waals surface area (Å²) < 4.78 is 22.5. The number of carbonyl (C=O) groups is 2. The van der Waals surface area contributed by atoms with Crippen LogP contribution in [0, 0.1) is 5.82 Å². The van der Waals surface area contributed by atoms with Crippen LogP contribution < -0.4 is 21.3 Å². The third-order valence-electron chi connectivity index (χ3n) is 10.3. The maximum absolute atomic E-state index is 15.0. The monoisotopic (exact) mass is 732 g/mol. The first kappa shape index (κ1) is 37.2. The van der Waals surface area contributed by atoms with Crippen molar-refractivity contribution in [1.82, 2.24) is 35.6 Å². The Morgan fingerprint density at radius 2 is 1.63 bits per heavy atom. The predicted molar refractivity (Wildman–Crippen MR) is 209 cm³/mol. The van der Waals surface area contributed by atoms with Gasteiger partial charge in [0.05, 0.1) is 17.3 Å². The van der Waals surface area contributed by atoms with E-state index in [1.165, 1.54) is 6.07 Å². The Hall–Kier alpha value is -5.17. The number of carbonyl (C=O) groups excluding carboxylic acids is 2. The molecule has 4 heterocycles. The summed E-state index contributed by atoms with van der Waals surface area (Å²) in [5.74, 6) is -0.837. The lowest BCUT2D eigenvalue weighted by atomic mass is 10.00. The molecule has 0 spiro atoms. The number of piperazine rings is 1. The highest BCUT2D eigenvalue weighted by Gasteiger charge is 2.22. The molecule has 3 aromatic carbocycles. The van der Waals surface area contributed by atoms with E-state index in [9.17, 15) is 9.59 Å². The minimum atomic E-state index is -0.305. The van der Waals surface area contributed by atoms with Gasteiger partial charge in [0.15, 0.2) is 5.65 Å². The first-order chi connectivity index (χ1) is 26.4. The molecule has 0 unspecified atom stereocenters. The van der Waals surface area contributed by atoms with Gasteiger partial charge in [-0.15, -0.1) is 0 Å². The number of halogens is 1. The molecule has 4 N–H and O–H groups in total. The molecule has 2 amide bonds. The number of nitrogens with zero attached hydrogens (tertiary/aromatic N) is 4. The maximum atomic E-state index is 15.0. The number of nitrogens with one attached hydrogen (secondary N) is 4. The molecule has 0 bridgehead atoms. The molecule has 5 aromatic rings. The molecular weight excluding hydrogens is 684 g/mol. The number of anilines is 1. The number of fused-ring (bicyclic) bond motifs is 1. The van der Waals surface area contributed by atoms with Crippen molar-refractivity contribution in [2.24, 2.45) is 0 Å². The molecule has 0 radical (unpaired) electrons. The molecule has 2 fully saturated rings. The van der Waals surface area contributed by atoms with E-state index in [0.29, 0.717) is 42.9 Å². The largest absolute Gasteiger partial charge is 0.381 e. The molecule has 282 valence electrons. The van der Waals surface area contributed by atoms with E-state index < -0.39 is 0 Å². The van der Waals surface area contributed by atoms with Gasteiger partial charge in [0.1, 0.15) is 5.82 Å². The average Bonchev–Trinajstić information content (AvgIpc) is 3.63. The number of aromatic nitrogens is 3. The van der Waals surface area contributed by atoms with Crippen molar-refractivity contribution in [1.29, 1.82) is 0 Å². The SMILES string of the molecule is CCc1nc2c(cnn2CC)c(NC2CCOCC2)c1CNC(=O)c1ccc(C(=O)NCc2ccc(F)c(-c3cccc(CN4CCNCC4)c3)c2)cc1. The molecular formula is C42H49FN8O3. The Morgan fingerprint density at radius 3 is 2.33 bits per heavy atom. The summed E-state index contributed by atoms with van der Waals surface area (Å²) in [6.07, 6.45) is 4.35. The van der Waals surface area contributed by atoms with E-state index in [1.807, 2.05) is 36.0 Å². The lowest BCUT2D eigenvalue weighted by molar-refractivity contribution is 0.0904. The molecule has 2 aliphatic heterocycles. The molecule has 54 heavy (non-hydrogen) atoms. The van der Waals surface area contributed by atoms with Crippen molar-refractivity contribution in [2.45, 2.75) is 65.3 Å². The fourth-order valence-electron chi connectivity index (χ4n) is 7.30. The van der Waals surface area contributed by atoms with Gasteiger partial charge in [-0.05, 0) is 85.3 Å². The highest BCUT2D eigenvalue weighted by molar-refractivity contribution is 5.98. The summed E-state index contributed by atoms with van der Waals surface area (Å²) in [6.45, 7) is 11.5. The van der Waals surface area contributed by atoms with Gasteiger partial charge < -0.3 is 26.0 Å². The first-order valence-electron chi connectivity index (χ1n) is 19.1. The number of hydrogen-bond donors (Lipinski definition) is 4. The summed E-state index contributed by atoms with van der Waals surface area (Å²) in [4.78, 5) is 33.9. The van der Waals surface area contributed by atoms with Crippen LogP contribution in [0.2, 0.25) is 0 Å². The molecule has 0 aliphatic carbocycles. The summed E-state index contributed by atoms with van der Waals surface area (Å²) in [6, 6.07) is 19.8. The zero-order valence-corrected chi connectivity index (χ0v) is 31.1. The lowest BCUT2D eigenvalue weighted by Gasteiger charge is -2.27. The Kier molecular flexibility index (Phi) is 11.9. The van der Waals surface area contributed by atoms with Crippen molar-refractivity contribution in [3.05, 3.63) is 112 Å². The van der Waals surface area contributed by atoms with Crippen molar-refractivity contribution < 1.29 is 18.7 Å². The van der Waals surface area contributed by atoms with Gasteiger partial charge in [0.2, 0.25) is 0 Å². The van der Waals surface area contributed by atoms with Crippen LogP contribution in [-0.4, -0.2) is 76.9 Å². The van der Waals surface area contributed by atoms with E-state index in [4.69, 9.17) is 9.72 Å². The van der Waals surface area contributed by atoms with Gasteiger partial charge in [-0.3, -0.25) is 14.5 Å². The molecule has 7 rings (SSSR count). The quantitative estimate of drug-likeness (QED) is 0.122. The zero-order valence-electron chi connectivity index (χ0n) is 31.1. The minimum Gasteiger partial charge on any atom is -0.381 e. The summed E-state index contributed by atoms with van der Waals surface area (Å²) in [7, 11) is 0. The molecule has 0 atom stereocenters. The number of ether oxygens (including phenoxy) is 1. The summed E-state index contributed by atoms with van der Waals surface area (Å²) >= 11 is 0. The van der Waals surface area contributed by atoms with Crippen molar-refractivity contribution >= 4 is 28.5 Å². The number of amides is 2. The van der Waals surface area contributed by atoms with Gasteiger partial charge in [0, 0.05) is 99.6 Å². The molecule has 11 nitrogen and oxygen atoms in total. The second-order valence-electron chi connectivity index (χ2n) is 14.0. The third kappa shape index (κ3) is 8.62. The highest BCUT2D eigenvalue weighted by Crippen LogP contribution is 2.31. The van der Waals surface area contributed by atoms with E-state index in [0.717, 1.165) is 90.2 Å². The topological polar surface area (TPSA) is 125 Å². The van der Waals surface area contributed by atoms with Gasteiger partial charge in [0.25, 0.3) is 11.8 Å². The summed E-state index contributed by atoms with van der Waals surface area (Å²) in [5, 5.41) is 18.7. The fraction of sp³-hybridized carbons (Fsp3) is 0.381. The second-order valence-corrected chi connectivity index (χ2v) is 14.0. The Labute approximate surface area is 315 Å². The van der Waals surface area contributed by atoms with Crippen LogP contribution in [0.4, 0.5) is 10.1 Å². The molecule has 2 aliphatic rings. The first-order valence-corrected chi connectivity index (χ1v) is 19.1. The van der Waals surface area contributed by atoms with Crippen LogP contribution in [0.1, 0.15) is 69.8 Å². The smallest absolute Gasteiger partial charge is 0.251 e. The van der Waals surface area contributed by atoms with Gasteiger partial charge in [-0.1, -0.05) is 31.2 Å². The van der Waals surface area contributed by atoms with E-state index >= 15 is 4.39 Å². The van der Waals surface area contributed by atoms with Crippen molar-refractivity contribution in [2.75, 3.05) is 44.7 Å². The minimum absolute atomic E-state index is 0.231. The lowest BCUT2D eigenvalue weighted by Crippen LogP contribution is -2.42. The van der Waals surface area contributed by atoms with Gasteiger partial charge in [-0.25, -0.2) is 14.1 Å². The fourth-order valence-corrected chi connectivity index (χ4v) is 7.30. The molecule has 2 saturated heterocycles. The van der Waals surface area contributed by atoms with Gasteiger partial charge in [-0.2, -0.15) is 5.10 Å². The van der Waals surface area contributed by atoms with Crippen LogP contribution in [0.15, 0.2) is 72.9 Å². The number of benzene rings is 3. The molecule has 2 aromatic heterocycles. The van der Waals surface area contributed by atoms with Crippen LogP contribution in [-0.2, 0) is 37.3 Å². The predicted octanol–water partition coefficient (Wildman–Crippen LogP) is 5.68. The van der Waals surface area contributed by atoms with Crippen LogP contribution >= 0.6 is 0 Å². The summed E-state index contributed by atoms with van der Waals surface area (Å²) in [5.41, 5.74) is 7.76. The standard InChI is InChI=1S/C42H49FN8O3/c1-3-38-35(39(48-33-14-20-54-21-15-33)36-26-47-51(4-2)40(36)49-38)25-46-42(53)31-11-9-30(10-12-31)41(52)45-24-28-8-13-37(43)34(23-28)32-7-5-6-29(22-32)27-50-18-16-44-17-19-50/h5-13,22-23,26,33,44H,3-4,14-21,24-25,27H2,1-2H3,(H,45,52)(H,46,53)(H,48,49). The second kappa shape index (κ2) is 17.3. The molecule has 12 heteroatoms. The number of aryl methyl sites for hydroxylation is 2.